The summed E-state index contributed by atoms with van der Waals surface area (Å²) in [6, 6.07) is 10.9. The summed E-state index contributed by atoms with van der Waals surface area (Å²) in [5.41, 5.74) is 1.63. The molecule has 3 unspecified atom stereocenters. The Balaban J connectivity index is 0.00000280. The van der Waals surface area contributed by atoms with Crippen LogP contribution in [0, 0.1) is 17.3 Å². The van der Waals surface area contributed by atoms with E-state index in [-0.39, 0.29) is 29.4 Å². The van der Waals surface area contributed by atoms with E-state index in [9.17, 15) is 0 Å². The quantitative estimate of drug-likeness (QED) is 0.374. The SMILES string of the molecule is CN=C(NCC1CCCOC1C(C)(C)C)N1CCC(Cc2ccccc2)C1.I. The van der Waals surface area contributed by atoms with Crippen LogP contribution in [-0.2, 0) is 11.2 Å². The molecule has 0 radical (unpaired) electrons. The summed E-state index contributed by atoms with van der Waals surface area (Å²) in [7, 11) is 1.91. The Labute approximate surface area is 188 Å². The van der Waals surface area contributed by atoms with E-state index in [1.165, 1.54) is 24.8 Å². The first-order chi connectivity index (χ1) is 13.0. The fourth-order valence-electron chi connectivity index (χ4n) is 4.70. The first-order valence-corrected chi connectivity index (χ1v) is 10.6. The summed E-state index contributed by atoms with van der Waals surface area (Å²) in [6.07, 6.45) is 5.13. The Bertz CT molecular complexity index is 614. The Morgan fingerprint density at radius 2 is 1.96 bits per heavy atom. The van der Waals surface area contributed by atoms with Crippen molar-refractivity contribution < 1.29 is 4.74 Å². The van der Waals surface area contributed by atoms with E-state index in [2.05, 4.69) is 66.3 Å². The van der Waals surface area contributed by atoms with E-state index in [1.807, 2.05) is 7.05 Å². The normalized spacial score (nSPS) is 26.1. The number of aliphatic imine (C=N–C) groups is 1. The van der Waals surface area contributed by atoms with Gasteiger partial charge in [-0.3, -0.25) is 4.99 Å². The summed E-state index contributed by atoms with van der Waals surface area (Å²) >= 11 is 0. The van der Waals surface area contributed by atoms with Crippen LogP contribution in [0.4, 0.5) is 0 Å². The molecule has 5 heteroatoms. The fourth-order valence-corrected chi connectivity index (χ4v) is 4.70. The second-order valence-corrected chi connectivity index (χ2v) is 9.28. The van der Waals surface area contributed by atoms with Crippen molar-refractivity contribution in [2.24, 2.45) is 22.2 Å². The van der Waals surface area contributed by atoms with Crippen LogP contribution in [0.2, 0.25) is 0 Å². The van der Waals surface area contributed by atoms with Gasteiger partial charge in [-0.2, -0.15) is 0 Å². The van der Waals surface area contributed by atoms with Crippen molar-refractivity contribution in [1.82, 2.24) is 10.2 Å². The van der Waals surface area contributed by atoms with E-state index in [0.29, 0.717) is 17.9 Å². The number of nitrogens with one attached hydrogen (secondary N) is 1. The predicted octanol–water partition coefficient (Wildman–Crippen LogP) is 4.59. The lowest BCUT2D eigenvalue weighted by atomic mass is 9.78. The average Bonchev–Trinajstić information content (AvgIpc) is 3.11. The molecule has 0 bridgehead atoms. The van der Waals surface area contributed by atoms with Crippen molar-refractivity contribution in [3.05, 3.63) is 35.9 Å². The van der Waals surface area contributed by atoms with E-state index >= 15 is 0 Å². The smallest absolute Gasteiger partial charge is 0.193 e. The number of hydrogen-bond donors (Lipinski definition) is 1. The van der Waals surface area contributed by atoms with Crippen LogP contribution in [-0.4, -0.2) is 50.3 Å². The zero-order chi connectivity index (χ0) is 19.3. The zero-order valence-corrected chi connectivity index (χ0v) is 20.3. The van der Waals surface area contributed by atoms with Gasteiger partial charge in [-0.25, -0.2) is 0 Å². The van der Waals surface area contributed by atoms with Crippen molar-refractivity contribution in [3.63, 3.8) is 0 Å². The first kappa shape index (κ1) is 23.5. The van der Waals surface area contributed by atoms with Gasteiger partial charge in [0.15, 0.2) is 5.96 Å². The minimum Gasteiger partial charge on any atom is -0.377 e. The molecule has 0 amide bonds. The molecular weight excluding hydrogens is 461 g/mol. The Morgan fingerprint density at radius 1 is 1.21 bits per heavy atom. The molecule has 0 aromatic heterocycles. The molecule has 1 aromatic rings. The molecule has 28 heavy (non-hydrogen) atoms. The molecule has 0 saturated carbocycles. The molecule has 0 spiro atoms. The van der Waals surface area contributed by atoms with Crippen molar-refractivity contribution in [2.45, 2.75) is 52.6 Å². The van der Waals surface area contributed by atoms with Gasteiger partial charge < -0.3 is 15.0 Å². The number of guanidine groups is 1. The first-order valence-electron chi connectivity index (χ1n) is 10.6. The monoisotopic (exact) mass is 499 g/mol. The third-order valence-electron chi connectivity index (χ3n) is 5.99. The van der Waals surface area contributed by atoms with Crippen LogP contribution in [0.15, 0.2) is 35.3 Å². The number of halogens is 1. The number of ether oxygens (including phenoxy) is 1. The summed E-state index contributed by atoms with van der Waals surface area (Å²) in [5.74, 6) is 2.33. The van der Waals surface area contributed by atoms with Crippen LogP contribution in [0.1, 0.15) is 45.6 Å². The molecule has 3 atom stereocenters. The third kappa shape index (κ3) is 6.34. The predicted molar refractivity (Wildman–Crippen MR) is 129 cm³/mol. The third-order valence-corrected chi connectivity index (χ3v) is 5.99. The highest BCUT2D eigenvalue weighted by molar-refractivity contribution is 14.0. The molecule has 2 aliphatic heterocycles. The molecule has 2 fully saturated rings. The number of benzene rings is 1. The molecule has 3 rings (SSSR count). The molecule has 158 valence electrons. The standard InChI is InChI=1S/C23H37N3O.HI/c1-23(2,3)21-20(11-8-14-27-21)16-25-22(24-4)26-13-12-19(17-26)15-18-9-6-5-7-10-18;/h5-7,9-10,19-21H,8,11-17H2,1-4H3,(H,24,25);1H. The van der Waals surface area contributed by atoms with Gasteiger partial charge in [0.25, 0.3) is 0 Å². The Hall–Kier alpha value is -0.820. The highest BCUT2D eigenvalue weighted by Crippen LogP contribution is 2.33. The minimum absolute atomic E-state index is 0. The molecule has 2 aliphatic rings. The van der Waals surface area contributed by atoms with Gasteiger partial charge in [0.2, 0.25) is 0 Å². The van der Waals surface area contributed by atoms with Gasteiger partial charge in [-0.1, -0.05) is 51.1 Å². The number of likely N-dealkylation sites (tertiary alicyclic amines) is 1. The average molecular weight is 499 g/mol. The second-order valence-electron chi connectivity index (χ2n) is 9.28. The van der Waals surface area contributed by atoms with E-state index in [0.717, 1.165) is 38.6 Å². The molecular formula is C23H38IN3O. The number of rotatable bonds is 4. The van der Waals surface area contributed by atoms with Crippen molar-refractivity contribution in [3.8, 4) is 0 Å². The van der Waals surface area contributed by atoms with E-state index < -0.39 is 0 Å². The lowest BCUT2D eigenvalue weighted by Crippen LogP contribution is -2.48. The van der Waals surface area contributed by atoms with E-state index in [1.54, 1.807) is 0 Å². The van der Waals surface area contributed by atoms with Gasteiger partial charge in [-0.05, 0) is 42.6 Å². The molecule has 4 nitrogen and oxygen atoms in total. The highest BCUT2D eigenvalue weighted by atomic mass is 127. The molecule has 1 aromatic carbocycles. The maximum absolute atomic E-state index is 6.14. The van der Waals surface area contributed by atoms with Gasteiger partial charge >= 0.3 is 0 Å². The Morgan fingerprint density at radius 3 is 2.64 bits per heavy atom. The van der Waals surface area contributed by atoms with Crippen molar-refractivity contribution in [1.29, 1.82) is 0 Å². The maximum atomic E-state index is 6.14. The topological polar surface area (TPSA) is 36.9 Å². The molecule has 0 aliphatic carbocycles. The van der Waals surface area contributed by atoms with E-state index in [4.69, 9.17) is 4.74 Å². The zero-order valence-electron chi connectivity index (χ0n) is 18.0. The van der Waals surface area contributed by atoms with Gasteiger partial charge in [0.05, 0.1) is 6.10 Å². The molecule has 2 heterocycles. The largest absolute Gasteiger partial charge is 0.377 e. The summed E-state index contributed by atoms with van der Waals surface area (Å²) in [4.78, 5) is 7.01. The molecule has 1 N–H and O–H groups in total. The van der Waals surface area contributed by atoms with Crippen LogP contribution in [0.3, 0.4) is 0 Å². The van der Waals surface area contributed by atoms with Gasteiger partial charge in [0, 0.05) is 39.2 Å². The van der Waals surface area contributed by atoms with Crippen LogP contribution in [0.25, 0.3) is 0 Å². The van der Waals surface area contributed by atoms with Crippen LogP contribution < -0.4 is 5.32 Å². The van der Waals surface area contributed by atoms with Crippen molar-refractivity contribution in [2.75, 3.05) is 33.3 Å². The summed E-state index contributed by atoms with van der Waals surface area (Å²) in [6.45, 7) is 10.9. The van der Waals surface area contributed by atoms with Crippen LogP contribution in [0.5, 0.6) is 0 Å². The summed E-state index contributed by atoms with van der Waals surface area (Å²) < 4.78 is 6.14. The lowest BCUT2D eigenvalue weighted by molar-refractivity contribution is -0.0836. The minimum atomic E-state index is 0. The van der Waals surface area contributed by atoms with Crippen LogP contribution >= 0.6 is 24.0 Å². The van der Waals surface area contributed by atoms with Gasteiger partial charge in [0.1, 0.15) is 0 Å². The Kier molecular flexibility index (Phi) is 9.06. The van der Waals surface area contributed by atoms with Gasteiger partial charge in [-0.15, -0.1) is 24.0 Å². The van der Waals surface area contributed by atoms with Crippen molar-refractivity contribution >= 4 is 29.9 Å². The lowest BCUT2D eigenvalue weighted by Gasteiger charge is -2.40. The number of hydrogen-bond acceptors (Lipinski definition) is 2. The second kappa shape index (κ2) is 10.8. The highest BCUT2D eigenvalue weighted by Gasteiger charge is 2.35. The molecule has 2 saturated heterocycles. The maximum Gasteiger partial charge on any atom is 0.193 e. The number of nitrogens with zero attached hydrogens (tertiary/aromatic N) is 2. The summed E-state index contributed by atoms with van der Waals surface area (Å²) in [5, 5.41) is 3.66. The fraction of sp³-hybridized carbons (Fsp3) is 0.696.